The molecular weight excluding hydrogens is 304 g/mol. The fraction of sp³-hybridized carbons (Fsp3) is 0.158. The number of hydrogen-bond acceptors (Lipinski definition) is 4. The lowest BCUT2D eigenvalue weighted by Gasteiger charge is -2.07. The first-order valence-corrected chi connectivity index (χ1v) is 7.33. The van der Waals surface area contributed by atoms with Gasteiger partial charge in [0.15, 0.2) is 11.5 Å². The molecule has 0 spiro atoms. The average Bonchev–Trinajstić information content (AvgIpc) is 2.64. The molecule has 0 heterocycles. The lowest BCUT2D eigenvalue weighted by Crippen LogP contribution is -2.20. The maximum absolute atomic E-state index is 11.9. The Morgan fingerprint density at radius 3 is 2.46 bits per heavy atom. The molecule has 2 aromatic rings. The highest BCUT2D eigenvalue weighted by atomic mass is 16.5. The Balaban J connectivity index is 1.94. The quantitative estimate of drug-likeness (QED) is 0.830. The Kier molecular flexibility index (Phi) is 5.98. The molecule has 0 radical (unpaired) electrons. The maximum Gasteiger partial charge on any atom is 0.244 e. The average molecular weight is 322 g/mol. The lowest BCUT2D eigenvalue weighted by atomic mass is 10.1. The Hall–Kier alpha value is -3.26. The molecule has 5 nitrogen and oxygen atoms in total. The van der Waals surface area contributed by atoms with Crippen LogP contribution in [-0.2, 0) is 11.3 Å². The predicted molar refractivity (Wildman–Crippen MR) is 91.6 cm³/mol. The summed E-state index contributed by atoms with van der Waals surface area (Å²) in [5, 5.41) is 11.5. The van der Waals surface area contributed by atoms with Gasteiger partial charge in [-0.2, -0.15) is 5.26 Å². The van der Waals surface area contributed by atoms with E-state index < -0.39 is 0 Å². The number of benzene rings is 2. The molecule has 0 bridgehead atoms. The molecular formula is C19H18N2O3. The number of ether oxygens (including phenoxy) is 2. The van der Waals surface area contributed by atoms with E-state index in [9.17, 15) is 4.79 Å². The molecule has 2 aromatic carbocycles. The molecule has 24 heavy (non-hydrogen) atoms. The molecule has 5 heteroatoms. The number of nitriles is 1. The first-order valence-electron chi connectivity index (χ1n) is 7.33. The summed E-state index contributed by atoms with van der Waals surface area (Å²) in [6, 6.07) is 14.6. The van der Waals surface area contributed by atoms with Crippen molar-refractivity contribution in [2.24, 2.45) is 0 Å². The normalized spacial score (nSPS) is 10.2. The van der Waals surface area contributed by atoms with Gasteiger partial charge < -0.3 is 14.8 Å². The molecule has 0 saturated heterocycles. The van der Waals surface area contributed by atoms with Crippen molar-refractivity contribution in [2.45, 2.75) is 6.54 Å². The minimum atomic E-state index is -0.200. The van der Waals surface area contributed by atoms with Gasteiger partial charge in [0.1, 0.15) is 0 Å². The summed E-state index contributed by atoms with van der Waals surface area (Å²) in [4.78, 5) is 11.9. The first kappa shape index (κ1) is 17.1. The van der Waals surface area contributed by atoms with Gasteiger partial charge in [-0.25, -0.2) is 0 Å². The fourth-order valence-corrected chi connectivity index (χ4v) is 2.07. The number of nitrogens with zero attached hydrogens (tertiary/aromatic N) is 1. The van der Waals surface area contributed by atoms with Gasteiger partial charge in [-0.05, 0) is 41.5 Å². The molecule has 122 valence electrons. The highest BCUT2D eigenvalue weighted by Crippen LogP contribution is 2.27. The van der Waals surface area contributed by atoms with Crippen molar-refractivity contribution in [2.75, 3.05) is 14.2 Å². The summed E-state index contributed by atoms with van der Waals surface area (Å²) in [6.07, 6.45) is 3.17. The van der Waals surface area contributed by atoms with Gasteiger partial charge in [-0.15, -0.1) is 0 Å². The van der Waals surface area contributed by atoms with Gasteiger partial charge in [-0.1, -0.05) is 18.2 Å². The summed E-state index contributed by atoms with van der Waals surface area (Å²) in [7, 11) is 3.14. The van der Waals surface area contributed by atoms with Crippen LogP contribution in [0.4, 0.5) is 0 Å². The summed E-state index contributed by atoms with van der Waals surface area (Å²) >= 11 is 0. The molecule has 0 unspecified atom stereocenters. The van der Waals surface area contributed by atoms with E-state index in [1.54, 1.807) is 44.6 Å². The summed E-state index contributed by atoms with van der Waals surface area (Å²) in [5.74, 6) is 1.05. The predicted octanol–water partition coefficient (Wildman–Crippen LogP) is 2.91. The Labute approximate surface area is 141 Å². The second-order valence-corrected chi connectivity index (χ2v) is 4.97. The molecule has 0 aromatic heterocycles. The maximum atomic E-state index is 11.9. The standard InChI is InChI=1S/C19H18N2O3/c1-23-17-9-7-14(11-18(17)24-2)8-10-19(22)21-13-16-5-3-15(12-20)4-6-16/h3-11H,13H2,1-2H3,(H,21,22)/b10-8+. The van der Waals surface area contributed by atoms with Crippen molar-refractivity contribution < 1.29 is 14.3 Å². The third kappa shape index (κ3) is 4.62. The van der Waals surface area contributed by atoms with Crippen molar-refractivity contribution in [1.29, 1.82) is 5.26 Å². The monoisotopic (exact) mass is 322 g/mol. The topological polar surface area (TPSA) is 71.3 Å². The van der Waals surface area contributed by atoms with Crippen LogP contribution in [-0.4, -0.2) is 20.1 Å². The second-order valence-electron chi connectivity index (χ2n) is 4.97. The van der Waals surface area contributed by atoms with Crippen LogP contribution in [0.25, 0.3) is 6.08 Å². The number of carbonyl (C=O) groups excluding carboxylic acids is 1. The zero-order chi connectivity index (χ0) is 17.4. The van der Waals surface area contributed by atoms with Crippen molar-refractivity contribution in [3.8, 4) is 17.6 Å². The Morgan fingerprint density at radius 2 is 1.83 bits per heavy atom. The molecule has 0 atom stereocenters. The number of rotatable bonds is 6. The highest BCUT2D eigenvalue weighted by Gasteiger charge is 2.03. The van der Waals surface area contributed by atoms with Crippen LogP contribution in [0.3, 0.4) is 0 Å². The van der Waals surface area contributed by atoms with Gasteiger partial charge in [0, 0.05) is 12.6 Å². The lowest BCUT2D eigenvalue weighted by molar-refractivity contribution is -0.116. The number of hydrogen-bond donors (Lipinski definition) is 1. The van der Waals surface area contributed by atoms with E-state index in [0.717, 1.165) is 11.1 Å². The number of amides is 1. The molecule has 1 amide bonds. The van der Waals surface area contributed by atoms with E-state index in [4.69, 9.17) is 14.7 Å². The van der Waals surface area contributed by atoms with Gasteiger partial charge >= 0.3 is 0 Å². The van der Waals surface area contributed by atoms with Crippen LogP contribution in [0.5, 0.6) is 11.5 Å². The van der Waals surface area contributed by atoms with Crippen LogP contribution in [0.1, 0.15) is 16.7 Å². The van der Waals surface area contributed by atoms with Gasteiger partial charge in [0.2, 0.25) is 5.91 Å². The minimum absolute atomic E-state index is 0.200. The van der Waals surface area contributed by atoms with Gasteiger partial charge in [0.05, 0.1) is 25.9 Å². The molecule has 0 saturated carbocycles. The van der Waals surface area contributed by atoms with Crippen LogP contribution in [0, 0.1) is 11.3 Å². The van der Waals surface area contributed by atoms with Crippen molar-refractivity contribution >= 4 is 12.0 Å². The van der Waals surface area contributed by atoms with E-state index in [2.05, 4.69) is 11.4 Å². The van der Waals surface area contributed by atoms with Crippen molar-refractivity contribution in [3.05, 3.63) is 65.2 Å². The van der Waals surface area contributed by atoms with E-state index in [1.807, 2.05) is 18.2 Å². The second kappa shape index (κ2) is 8.39. The zero-order valence-electron chi connectivity index (χ0n) is 13.6. The van der Waals surface area contributed by atoms with Crippen LogP contribution in [0.2, 0.25) is 0 Å². The summed E-state index contributed by atoms with van der Waals surface area (Å²) < 4.78 is 10.4. The molecule has 0 aliphatic carbocycles. The summed E-state index contributed by atoms with van der Waals surface area (Å²) in [5.41, 5.74) is 2.36. The third-order valence-electron chi connectivity index (χ3n) is 3.38. The van der Waals surface area contributed by atoms with E-state index in [0.29, 0.717) is 23.6 Å². The number of carbonyl (C=O) groups is 1. The highest BCUT2D eigenvalue weighted by molar-refractivity contribution is 5.91. The number of nitrogens with one attached hydrogen (secondary N) is 1. The van der Waals surface area contributed by atoms with Crippen LogP contribution >= 0.6 is 0 Å². The fourth-order valence-electron chi connectivity index (χ4n) is 2.07. The van der Waals surface area contributed by atoms with E-state index >= 15 is 0 Å². The first-order chi connectivity index (χ1) is 11.7. The van der Waals surface area contributed by atoms with E-state index in [-0.39, 0.29) is 5.91 Å². The smallest absolute Gasteiger partial charge is 0.244 e. The van der Waals surface area contributed by atoms with Crippen LogP contribution in [0.15, 0.2) is 48.5 Å². The van der Waals surface area contributed by atoms with Gasteiger partial charge in [-0.3, -0.25) is 4.79 Å². The zero-order valence-corrected chi connectivity index (χ0v) is 13.6. The molecule has 1 N–H and O–H groups in total. The Bertz CT molecular complexity index is 774. The largest absolute Gasteiger partial charge is 0.493 e. The molecule has 0 aliphatic rings. The summed E-state index contributed by atoms with van der Waals surface area (Å²) in [6.45, 7) is 0.404. The van der Waals surface area contributed by atoms with Crippen LogP contribution < -0.4 is 14.8 Å². The van der Waals surface area contributed by atoms with Gasteiger partial charge in [0.25, 0.3) is 0 Å². The molecule has 0 fully saturated rings. The minimum Gasteiger partial charge on any atom is -0.493 e. The van der Waals surface area contributed by atoms with E-state index in [1.165, 1.54) is 6.08 Å². The molecule has 2 rings (SSSR count). The SMILES string of the molecule is COc1ccc(/C=C/C(=O)NCc2ccc(C#N)cc2)cc1OC. The van der Waals surface area contributed by atoms with Crippen molar-refractivity contribution in [1.82, 2.24) is 5.32 Å². The number of methoxy groups -OCH3 is 2. The molecule has 0 aliphatic heterocycles. The third-order valence-corrected chi connectivity index (χ3v) is 3.38. The Morgan fingerprint density at radius 1 is 1.12 bits per heavy atom. The van der Waals surface area contributed by atoms with Crippen molar-refractivity contribution in [3.63, 3.8) is 0 Å².